The van der Waals surface area contributed by atoms with Gasteiger partial charge in [0.25, 0.3) is 0 Å². The molecule has 0 aromatic heterocycles. The summed E-state index contributed by atoms with van der Waals surface area (Å²) < 4.78 is 34.3. The van der Waals surface area contributed by atoms with Crippen molar-refractivity contribution in [2.24, 2.45) is 0 Å². The molecule has 0 saturated heterocycles. The second kappa shape index (κ2) is 9.76. The highest BCUT2D eigenvalue weighted by atomic mass is 19.1. The van der Waals surface area contributed by atoms with Crippen LogP contribution in [0, 0.1) is 11.6 Å². The van der Waals surface area contributed by atoms with Crippen LogP contribution < -0.4 is 5.46 Å². The maximum Gasteiger partial charge on any atom is 0.330 e. The molecule has 0 bridgehead atoms. The van der Waals surface area contributed by atoms with Crippen molar-refractivity contribution in [1.29, 1.82) is 0 Å². The van der Waals surface area contributed by atoms with E-state index in [1.807, 2.05) is 26.0 Å². The summed E-state index contributed by atoms with van der Waals surface area (Å²) in [4.78, 5) is 0. The lowest BCUT2D eigenvalue weighted by Gasteiger charge is -2.37. The quantitative estimate of drug-likeness (QED) is 0.320. The minimum Gasteiger partial charge on any atom is -0.427 e. The molecule has 1 aliphatic carbocycles. The molecule has 2 nitrogen and oxygen atoms in total. The first-order valence-electron chi connectivity index (χ1n) is 12.9. The summed E-state index contributed by atoms with van der Waals surface area (Å²) in [6.07, 6.45) is 3.94. The Labute approximate surface area is 215 Å². The van der Waals surface area contributed by atoms with E-state index in [1.165, 1.54) is 34.4 Å². The SMILES string of the molecule is CCCC1(CCC)c2cc([B]OC(C)(C)C(C)(C)O)ccc2-c2ccc(-c3ccc(F)cc3F)cc21. The minimum atomic E-state index is -1.00. The zero-order valence-corrected chi connectivity index (χ0v) is 22.2. The number of benzene rings is 3. The first-order chi connectivity index (χ1) is 16.9. The van der Waals surface area contributed by atoms with Crippen molar-refractivity contribution in [3.63, 3.8) is 0 Å². The standard InChI is InChI=1S/C31H36BF2O2/c1-7-15-31(16-8-2)26-17-20(23-14-11-22(33)19-28(23)34)9-12-24(26)25-13-10-21(18-27(25)31)32-36-30(5,6)29(3,4)35/h9-14,17-19,35H,7-8,15-16H2,1-6H3. The Bertz CT molecular complexity index is 1250. The number of halogens is 2. The highest BCUT2D eigenvalue weighted by Gasteiger charge is 2.42. The Kier molecular flexibility index (Phi) is 7.20. The molecule has 0 heterocycles. The van der Waals surface area contributed by atoms with Crippen molar-refractivity contribution in [3.05, 3.63) is 77.4 Å². The van der Waals surface area contributed by atoms with Crippen LogP contribution in [0.15, 0.2) is 54.6 Å². The number of hydrogen-bond donors (Lipinski definition) is 1. The zero-order valence-electron chi connectivity index (χ0n) is 22.2. The van der Waals surface area contributed by atoms with Crippen molar-refractivity contribution >= 4 is 12.9 Å². The lowest BCUT2D eigenvalue weighted by Crippen LogP contribution is -2.49. The summed E-state index contributed by atoms with van der Waals surface area (Å²) in [5.74, 6) is -1.12. The summed E-state index contributed by atoms with van der Waals surface area (Å²) in [5.41, 5.74) is 4.99. The largest absolute Gasteiger partial charge is 0.427 e. The average Bonchev–Trinajstić information content (AvgIpc) is 3.06. The van der Waals surface area contributed by atoms with E-state index < -0.39 is 22.8 Å². The fraction of sp³-hybridized carbons (Fsp3) is 0.419. The van der Waals surface area contributed by atoms with E-state index in [1.54, 1.807) is 21.3 Å². The highest BCUT2D eigenvalue weighted by Crippen LogP contribution is 2.54. The molecule has 0 aliphatic heterocycles. The van der Waals surface area contributed by atoms with E-state index in [0.717, 1.165) is 42.8 Å². The third-order valence-electron chi connectivity index (χ3n) is 7.94. The van der Waals surface area contributed by atoms with E-state index >= 15 is 0 Å². The first kappa shape index (κ1) is 26.6. The van der Waals surface area contributed by atoms with E-state index in [0.29, 0.717) is 5.56 Å². The molecule has 0 spiro atoms. The molecule has 0 saturated carbocycles. The van der Waals surface area contributed by atoms with E-state index in [-0.39, 0.29) is 5.41 Å². The molecule has 1 N–H and O–H groups in total. The van der Waals surface area contributed by atoms with E-state index in [4.69, 9.17) is 4.65 Å². The van der Waals surface area contributed by atoms with Crippen LogP contribution in [-0.2, 0) is 10.1 Å². The Hall–Kier alpha value is -2.50. The van der Waals surface area contributed by atoms with Gasteiger partial charge in [0.05, 0.1) is 11.2 Å². The monoisotopic (exact) mass is 489 g/mol. The van der Waals surface area contributed by atoms with Crippen LogP contribution in [-0.4, -0.2) is 23.8 Å². The van der Waals surface area contributed by atoms with Crippen LogP contribution in [0.3, 0.4) is 0 Å². The Morgan fingerprint density at radius 3 is 1.97 bits per heavy atom. The van der Waals surface area contributed by atoms with Crippen molar-refractivity contribution in [3.8, 4) is 22.3 Å². The van der Waals surface area contributed by atoms with Crippen molar-refractivity contribution in [2.45, 2.75) is 83.8 Å². The Morgan fingerprint density at radius 1 is 0.806 bits per heavy atom. The van der Waals surface area contributed by atoms with Crippen molar-refractivity contribution in [1.82, 2.24) is 0 Å². The molecule has 1 aliphatic rings. The molecule has 4 rings (SSSR count). The maximum absolute atomic E-state index is 14.7. The topological polar surface area (TPSA) is 29.5 Å². The van der Waals surface area contributed by atoms with Gasteiger partial charge in [-0.2, -0.15) is 0 Å². The maximum atomic E-state index is 14.7. The van der Waals surface area contributed by atoms with Crippen LogP contribution in [0.5, 0.6) is 0 Å². The second-order valence-corrected chi connectivity index (χ2v) is 11.1. The van der Waals surface area contributed by atoms with Gasteiger partial charge in [-0.25, -0.2) is 8.78 Å². The Morgan fingerprint density at radius 2 is 1.39 bits per heavy atom. The third kappa shape index (κ3) is 4.64. The number of rotatable bonds is 9. The summed E-state index contributed by atoms with van der Waals surface area (Å²) in [6, 6.07) is 16.3. The van der Waals surface area contributed by atoms with Crippen LogP contribution in [0.4, 0.5) is 8.78 Å². The molecule has 189 valence electrons. The van der Waals surface area contributed by atoms with Gasteiger partial charge in [-0.3, -0.25) is 0 Å². The first-order valence-corrected chi connectivity index (χ1v) is 12.9. The fourth-order valence-electron chi connectivity index (χ4n) is 5.35. The molecular formula is C31H36BF2O2. The Balaban J connectivity index is 1.80. The van der Waals surface area contributed by atoms with Gasteiger partial charge in [-0.15, -0.1) is 0 Å². The lowest BCUT2D eigenvalue weighted by molar-refractivity contribution is -0.0893. The van der Waals surface area contributed by atoms with Gasteiger partial charge >= 0.3 is 7.48 Å². The van der Waals surface area contributed by atoms with Gasteiger partial charge in [-0.1, -0.05) is 62.5 Å². The smallest absolute Gasteiger partial charge is 0.330 e. The van der Waals surface area contributed by atoms with Gasteiger partial charge in [0, 0.05) is 17.0 Å². The van der Waals surface area contributed by atoms with Crippen LogP contribution in [0.1, 0.15) is 78.4 Å². The van der Waals surface area contributed by atoms with E-state index in [9.17, 15) is 13.9 Å². The fourth-order valence-corrected chi connectivity index (χ4v) is 5.35. The predicted molar refractivity (Wildman–Crippen MR) is 145 cm³/mol. The normalized spacial score (nSPS) is 14.5. The van der Waals surface area contributed by atoms with Gasteiger partial charge in [-0.05, 0) is 86.6 Å². The molecule has 5 heteroatoms. The molecule has 1 radical (unpaired) electrons. The van der Waals surface area contributed by atoms with Crippen molar-refractivity contribution < 1.29 is 18.5 Å². The van der Waals surface area contributed by atoms with Crippen LogP contribution >= 0.6 is 0 Å². The van der Waals surface area contributed by atoms with Gasteiger partial charge in [0.1, 0.15) is 11.6 Å². The minimum absolute atomic E-state index is 0.198. The summed E-state index contributed by atoms with van der Waals surface area (Å²) >= 11 is 0. The summed E-state index contributed by atoms with van der Waals surface area (Å²) in [6.45, 7) is 11.6. The molecule has 0 atom stereocenters. The van der Waals surface area contributed by atoms with Crippen LogP contribution in [0.2, 0.25) is 0 Å². The third-order valence-corrected chi connectivity index (χ3v) is 7.94. The summed E-state index contributed by atoms with van der Waals surface area (Å²) in [7, 11) is 1.74. The molecule has 3 aromatic rings. The van der Waals surface area contributed by atoms with Crippen molar-refractivity contribution in [2.75, 3.05) is 0 Å². The molecule has 0 fully saturated rings. The zero-order chi connectivity index (χ0) is 26.3. The van der Waals surface area contributed by atoms with Gasteiger partial charge in [0.2, 0.25) is 0 Å². The number of hydrogen-bond acceptors (Lipinski definition) is 2. The molecule has 0 amide bonds. The van der Waals surface area contributed by atoms with E-state index in [2.05, 4.69) is 38.1 Å². The number of fused-ring (bicyclic) bond motifs is 3. The number of aliphatic hydroxyl groups is 1. The predicted octanol–water partition coefficient (Wildman–Crippen LogP) is 7.31. The molecule has 3 aromatic carbocycles. The summed E-state index contributed by atoms with van der Waals surface area (Å²) in [5, 5.41) is 10.5. The van der Waals surface area contributed by atoms with Gasteiger partial charge in [0.15, 0.2) is 0 Å². The lowest BCUT2D eigenvalue weighted by atomic mass is 9.70. The molecule has 0 unspecified atom stereocenters. The second-order valence-electron chi connectivity index (χ2n) is 11.1. The van der Waals surface area contributed by atoms with Gasteiger partial charge < -0.3 is 9.76 Å². The van der Waals surface area contributed by atoms with Crippen LogP contribution in [0.25, 0.3) is 22.3 Å². The molecule has 36 heavy (non-hydrogen) atoms. The highest BCUT2D eigenvalue weighted by molar-refractivity contribution is 6.47. The average molecular weight is 489 g/mol. The molecular weight excluding hydrogens is 453 g/mol.